The van der Waals surface area contributed by atoms with Crippen molar-refractivity contribution in [1.82, 2.24) is 0 Å². The fourth-order valence-electron chi connectivity index (χ4n) is 1.48. The highest BCUT2D eigenvalue weighted by atomic mass is 16.7. The largest absolute Gasteiger partial charge is 0.466 e. The lowest BCUT2D eigenvalue weighted by atomic mass is 9.90. The van der Waals surface area contributed by atoms with Crippen LogP contribution in [0.3, 0.4) is 0 Å². The Labute approximate surface area is 83.8 Å². The molecular weight excluding hydrogens is 184 g/mol. The van der Waals surface area contributed by atoms with Crippen LogP contribution in [0.15, 0.2) is 11.6 Å². The first kappa shape index (κ1) is 11.2. The molecule has 4 nitrogen and oxygen atoms in total. The van der Waals surface area contributed by atoms with E-state index in [2.05, 4.69) is 4.74 Å². The molecule has 1 rings (SSSR count). The number of methoxy groups -OCH3 is 1. The third-order valence-electron chi connectivity index (χ3n) is 2.10. The Bertz CT molecular complexity index is 239. The zero-order valence-electron chi connectivity index (χ0n) is 8.83. The fourth-order valence-corrected chi connectivity index (χ4v) is 1.48. The Hall–Kier alpha value is -0.870. The molecule has 4 heteroatoms. The van der Waals surface area contributed by atoms with Crippen molar-refractivity contribution < 1.29 is 19.0 Å². The zero-order chi connectivity index (χ0) is 10.6. The maximum absolute atomic E-state index is 11.2. The molecule has 0 aromatic rings. The highest BCUT2D eigenvalue weighted by Crippen LogP contribution is 2.24. The van der Waals surface area contributed by atoms with Crippen molar-refractivity contribution in [2.24, 2.45) is 5.41 Å². The highest BCUT2D eigenvalue weighted by molar-refractivity contribution is 5.87. The standard InChI is InChI=1S/C10H16O4/c1-8(9(11)12-3)4-10(2)5-13-7-14-6-10/h4H,5-7H2,1-3H3. The number of esters is 1. The van der Waals surface area contributed by atoms with E-state index in [0.717, 1.165) is 0 Å². The van der Waals surface area contributed by atoms with E-state index in [9.17, 15) is 4.79 Å². The average molecular weight is 200 g/mol. The molecule has 1 saturated heterocycles. The second-order valence-corrected chi connectivity index (χ2v) is 3.79. The number of ether oxygens (including phenoxy) is 3. The van der Waals surface area contributed by atoms with Gasteiger partial charge in [0.15, 0.2) is 0 Å². The van der Waals surface area contributed by atoms with Gasteiger partial charge in [0.1, 0.15) is 6.79 Å². The minimum atomic E-state index is -0.309. The van der Waals surface area contributed by atoms with Gasteiger partial charge in [0.2, 0.25) is 0 Å². The summed E-state index contributed by atoms with van der Waals surface area (Å²) < 4.78 is 15.0. The van der Waals surface area contributed by atoms with Crippen LogP contribution in [0.5, 0.6) is 0 Å². The van der Waals surface area contributed by atoms with Crippen LogP contribution in [0.25, 0.3) is 0 Å². The highest BCUT2D eigenvalue weighted by Gasteiger charge is 2.27. The van der Waals surface area contributed by atoms with Crippen LogP contribution in [0.1, 0.15) is 13.8 Å². The van der Waals surface area contributed by atoms with Gasteiger partial charge in [-0.3, -0.25) is 0 Å². The van der Waals surface area contributed by atoms with Crippen LogP contribution >= 0.6 is 0 Å². The lowest BCUT2D eigenvalue weighted by Gasteiger charge is -2.30. The van der Waals surface area contributed by atoms with E-state index in [1.54, 1.807) is 6.92 Å². The summed E-state index contributed by atoms with van der Waals surface area (Å²) in [6, 6.07) is 0. The second-order valence-electron chi connectivity index (χ2n) is 3.79. The van der Waals surface area contributed by atoms with E-state index >= 15 is 0 Å². The number of rotatable bonds is 2. The third kappa shape index (κ3) is 2.82. The lowest BCUT2D eigenvalue weighted by molar-refractivity contribution is -0.145. The van der Waals surface area contributed by atoms with Crippen molar-refractivity contribution >= 4 is 5.97 Å². The molecule has 0 atom stereocenters. The molecule has 0 aromatic carbocycles. The summed E-state index contributed by atoms with van der Waals surface area (Å²) in [4.78, 5) is 11.2. The van der Waals surface area contributed by atoms with Gasteiger partial charge in [0.25, 0.3) is 0 Å². The number of carbonyl (C=O) groups is 1. The molecule has 0 unspecified atom stereocenters. The second kappa shape index (κ2) is 4.57. The summed E-state index contributed by atoms with van der Waals surface area (Å²) >= 11 is 0. The van der Waals surface area contributed by atoms with Crippen molar-refractivity contribution in [3.63, 3.8) is 0 Å². The molecule has 0 radical (unpaired) electrons. The number of carbonyl (C=O) groups excluding carboxylic acids is 1. The molecule has 1 heterocycles. The molecule has 0 N–H and O–H groups in total. The molecular formula is C10H16O4. The van der Waals surface area contributed by atoms with Crippen molar-refractivity contribution in [2.75, 3.05) is 27.1 Å². The van der Waals surface area contributed by atoms with E-state index in [4.69, 9.17) is 9.47 Å². The van der Waals surface area contributed by atoms with Crippen molar-refractivity contribution in [1.29, 1.82) is 0 Å². The van der Waals surface area contributed by atoms with Gasteiger partial charge in [0.05, 0.1) is 20.3 Å². The molecule has 14 heavy (non-hydrogen) atoms. The van der Waals surface area contributed by atoms with Gasteiger partial charge in [-0.1, -0.05) is 13.0 Å². The molecule has 1 fully saturated rings. The van der Waals surface area contributed by atoms with Crippen LogP contribution in [-0.2, 0) is 19.0 Å². The van der Waals surface area contributed by atoms with Crippen LogP contribution < -0.4 is 0 Å². The maximum Gasteiger partial charge on any atom is 0.333 e. The Morgan fingerprint density at radius 3 is 2.50 bits per heavy atom. The van der Waals surface area contributed by atoms with Crippen molar-refractivity contribution in [3.05, 3.63) is 11.6 Å². The lowest BCUT2D eigenvalue weighted by Crippen LogP contribution is -2.33. The van der Waals surface area contributed by atoms with Gasteiger partial charge in [0, 0.05) is 11.0 Å². The van der Waals surface area contributed by atoms with Crippen LogP contribution in [-0.4, -0.2) is 33.1 Å². The van der Waals surface area contributed by atoms with E-state index in [1.807, 2.05) is 13.0 Å². The molecule has 1 aliphatic rings. The quantitative estimate of drug-likeness (QED) is 0.495. The normalized spacial score (nSPS) is 21.8. The van der Waals surface area contributed by atoms with E-state index in [0.29, 0.717) is 25.6 Å². The summed E-state index contributed by atoms with van der Waals surface area (Å²) in [5.41, 5.74) is 0.361. The Kier molecular flexibility index (Phi) is 3.66. The van der Waals surface area contributed by atoms with Gasteiger partial charge in [-0.25, -0.2) is 4.79 Å². The van der Waals surface area contributed by atoms with Gasteiger partial charge < -0.3 is 14.2 Å². The molecule has 0 saturated carbocycles. The van der Waals surface area contributed by atoms with Gasteiger partial charge >= 0.3 is 5.97 Å². The summed E-state index contributed by atoms with van der Waals surface area (Å²) in [5, 5.41) is 0. The SMILES string of the molecule is COC(=O)C(C)=CC1(C)COCOC1. The summed E-state index contributed by atoms with van der Waals surface area (Å²) in [7, 11) is 1.37. The Morgan fingerprint density at radius 2 is 2.00 bits per heavy atom. The van der Waals surface area contributed by atoms with E-state index < -0.39 is 0 Å². The predicted molar refractivity (Wildman–Crippen MR) is 50.7 cm³/mol. The summed E-state index contributed by atoms with van der Waals surface area (Å²) in [6.45, 7) is 5.19. The molecule has 0 amide bonds. The van der Waals surface area contributed by atoms with E-state index in [-0.39, 0.29) is 11.4 Å². The number of hydrogen-bond donors (Lipinski definition) is 0. The first-order chi connectivity index (χ1) is 6.57. The minimum Gasteiger partial charge on any atom is -0.466 e. The molecule has 0 bridgehead atoms. The topological polar surface area (TPSA) is 44.8 Å². The Morgan fingerprint density at radius 1 is 1.43 bits per heavy atom. The first-order valence-electron chi connectivity index (χ1n) is 4.51. The summed E-state index contributed by atoms with van der Waals surface area (Å²) in [5.74, 6) is -0.309. The molecule has 0 spiro atoms. The third-order valence-corrected chi connectivity index (χ3v) is 2.10. The van der Waals surface area contributed by atoms with Gasteiger partial charge in [-0.15, -0.1) is 0 Å². The predicted octanol–water partition coefficient (Wildman–Crippen LogP) is 1.12. The Balaban J connectivity index is 2.67. The average Bonchev–Trinajstić information content (AvgIpc) is 2.17. The van der Waals surface area contributed by atoms with Crippen LogP contribution in [0, 0.1) is 5.41 Å². The molecule has 0 aliphatic carbocycles. The zero-order valence-corrected chi connectivity index (χ0v) is 8.83. The first-order valence-corrected chi connectivity index (χ1v) is 4.51. The smallest absolute Gasteiger partial charge is 0.333 e. The van der Waals surface area contributed by atoms with Crippen molar-refractivity contribution in [2.45, 2.75) is 13.8 Å². The number of hydrogen-bond acceptors (Lipinski definition) is 4. The van der Waals surface area contributed by atoms with Gasteiger partial charge in [-0.2, -0.15) is 0 Å². The molecule has 0 aromatic heterocycles. The van der Waals surface area contributed by atoms with Crippen LogP contribution in [0.4, 0.5) is 0 Å². The van der Waals surface area contributed by atoms with Crippen LogP contribution in [0.2, 0.25) is 0 Å². The monoisotopic (exact) mass is 200 g/mol. The van der Waals surface area contributed by atoms with Gasteiger partial charge in [-0.05, 0) is 6.92 Å². The van der Waals surface area contributed by atoms with E-state index in [1.165, 1.54) is 7.11 Å². The van der Waals surface area contributed by atoms with Crippen molar-refractivity contribution in [3.8, 4) is 0 Å². The fraction of sp³-hybridized carbons (Fsp3) is 0.700. The molecule has 80 valence electrons. The minimum absolute atomic E-state index is 0.226. The molecule has 1 aliphatic heterocycles. The maximum atomic E-state index is 11.2. The summed E-state index contributed by atoms with van der Waals surface area (Å²) in [6.07, 6.45) is 1.85.